The van der Waals surface area contributed by atoms with Crippen LogP contribution >= 0.6 is 0 Å². The van der Waals surface area contributed by atoms with Gasteiger partial charge in [0.15, 0.2) is 5.43 Å². The van der Waals surface area contributed by atoms with E-state index in [1.807, 2.05) is 42.5 Å². The van der Waals surface area contributed by atoms with Gasteiger partial charge in [0, 0.05) is 23.3 Å². The number of pyridine rings is 2. The molecule has 2 heterocycles. The molecule has 0 atom stereocenters. The molecule has 0 amide bonds. The van der Waals surface area contributed by atoms with Crippen LogP contribution in [-0.4, -0.2) is 9.55 Å². The highest BCUT2D eigenvalue weighted by atomic mass is 16.1. The molecule has 0 saturated heterocycles. The Labute approximate surface area is 119 Å². The lowest BCUT2D eigenvalue weighted by molar-refractivity contribution is 0.914. The lowest BCUT2D eigenvalue weighted by Crippen LogP contribution is -2.21. The van der Waals surface area contributed by atoms with Crippen LogP contribution in [-0.2, 0) is 7.05 Å². The SMILES string of the molecule is Cn1c(=O)c2[nH]c3ccccc3c(=O)c2c2ccccc21. The summed E-state index contributed by atoms with van der Waals surface area (Å²) in [6.07, 6.45) is 0. The van der Waals surface area contributed by atoms with Gasteiger partial charge in [0.2, 0.25) is 0 Å². The van der Waals surface area contributed by atoms with Gasteiger partial charge in [-0.2, -0.15) is 0 Å². The minimum Gasteiger partial charge on any atom is -0.350 e. The highest BCUT2D eigenvalue weighted by Crippen LogP contribution is 2.20. The van der Waals surface area contributed by atoms with Crippen molar-refractivity contribution < 1.29 is 0 Å². The van der Waals surface area contributed by atoms with E-state index in [4.69, 9.17) is 0 Å². The summed E-state index contributed by atoms with van der Waals surface area (Å²) in [6.45, 7) is 0. The van der Waals surface area contributed by atoms with Gasteiger partial charge in [-0.3, -0.25) is 9.59 Å². The molecule has 2 aromatic heterocycles. The van der Waals surface area contributed by atoms with Gasteiger partial charge in [-0.1, -0.05) is 30.3 Å². The molecule has 0 unspecified atom stereocenters. The zero-order chi connectivity index (χ0) is 14.6. The maximum Gasteiger partial charge on any atom is 0.275 e. The molecule has 0 saturated carbocycles. The molecule has 0 fully saturated rings. The molecule has 0 bridgehead atoms. The van der Waals surface area contributed by atoms with E-state index in [2.05, 4.69) is 4.98 Å². The highest BCUT2D eigenvalue weighted by molar-refractivity contribution is 6.07. The number of nitrogens with one attached hydrogen (secondary N) is 1. The third-order valence-corrected chi connectivity index (χ3v) is 3.96. The van der Waals surface area contributed by atoms with Crippen LogP contribution in [0.1, 0.15) is 0 Å². The summed E-state index contributed by atoms with van der Waals surface area (Å²) >= 11 is 0. The predicted octanol–water partition coefficient (Wildman–Crippen LogP) is 2.53. The fourth-order valence-electron chi connectivity index (χ4n) is 2.91. The summed E-state index contributed by atoms with van der Waals surface area (Å²) in [5.41, 5.74) is 1.51. The van der Waals surface area contributed by atoms with Crippen molar-refractivity contribution in [2.75, 3.05) is 0 Å². The second-order valence-electron chi connectivity index (χ2n) is 5.13. The largest absolute Gasteiger partial charge is 0.350 e. The smallest absolute Gasteiger partial charge is 0.275 e. The van der Waals surface area contributed by atoms with Crippen molar-refractivity contribution in [3.05, 3.63) is 69.1 Å². The molecule has 4 aromatic rings. The molecule has 0 aliphatic heterocycles. The number of para-hydroxylation sites is 2. The van der Waals surface area contributed by atoms with Crippen LogP contribution in [0, 0.1) is 0 Å². The Bertz CT molecular complexity index is 1140. The van der Waals surface area contributed by atoms with Gasteiger partial charge < -0.3 is 9.55 Å². The molecular weight excluding hydrogens is 264 g/mol. The van der Waals surface area contributed by atoms with Crippen LogP contribution in [0.3, 0.4) is 0 Å². The molecule has 4 rings (SSSR count). The fraction of sp³-hybridized carbons (Fsp3) is 0.0588. The summed E-state index contributed by atoms with van der Waals surface area (Å²) < 4.78 is 1.57. The quantitative estimate of drug-likeness (QED) is 0.396. The van der Waals surface area contributed by atoms with E-state index in [0.29, 0.717) is 21.8 Å². The third-order valence-electron chi connectivity index (χ3n) is 3.96. The topological polar surface area (TPSA) is 54.9 Å². The van der Waals surface area contributed by atoms with E-state index in [9.17, 15) is 9.59 Å². The van der Waals surface area contributed by atoms with Gasteiger partial charge in [0.25, 0.3) is 5.56 Å². The molecule has 0 aliphatic rings. The van der Waals surface area contributed by atoms with Crippen molar-refractivity contribution in [1.82, 2.24) is 9.55 Å². The van der Waals surface area contributed by atoms with Crippen LogP contribution in [0.4, 0.5) is 0 Å². The predicted molar refractivity (Wildman–Crippen MR) is 84.8 cm³/mol. The normalized spacial score (nSPS) is 11.5. The second-order valence-corrected chi connectivity index (χ2v) is 5.13. The Hall–Kier alpha value is -2.88. The van der Waals surface area contributed by atoms with Gasteiger partial charge >= 0.3 is 0 Å². The number of hydrogen-bond donors (Lipinski definition) is 1. The molecule has 1 N–H and O–H groups in total. The van der Waals surface area contributed by atoms with Gasteiger partial charge in [-0.25, -0.2) is 0 Å². The molecule has 2 aromatic carbocycles. The van der Waals surface area contributed by atoms with Crippen LogP contribution in [0.25, 0.3) is 32.7 Å². The lowest BCUT2D eigenvalue weighted by atomic mass is 10.1. The first-order valence-electron chi connectivity index (χ1n) is 6.71. The average Bonchev–Trinajstić information content (AvgIpc) is 2.52. The lowest BCUT2D eigenvalue weighted by Gasteiger charge is -2.09. The summed E-state index contributed by atoms with van der Waals surface area (Å²) in [4.78, 5) is 28.4. The molecule has 21 heavy (non-hydrogen) atoms. The van der Waals surface area contributed by atoms with E-state index in [0.717, 1.165) is 10.9 Å². The number of nitrogens with zero attached hydrogens (tertiary/aromatic N) is 1. The first-order chi connectivity index (χ1) is 10.2. The van der Waals surface area contributed by atoms with Crippen LogP contribution < -0.4 is 11.0 Å². The van der Waals surface area contributed by atoms with Gasteiger partial charge in [-0.15, -0.1) is 0 Å². The highest BCUT2D eigenvalue weighted by Gasteiger charge is 2.13. The number of hydrogen-bond acceptors (Lipinski definition) is 2. The Morgan fingerprint density at radius 1 is 0.905 bits per heavy atom. The number of fused-ring (bicyclic) bond motifs is 4. The Morgan fingerprint density at radius 3 is 2.38 bits per heavy atom. The molecule has 0 spiro atoms. The van der Waals surface area contributed by atoms with Gasteiger partial charge in [0.1, 0.15) is 5.52 Å². The molecule has 4 nitrogen and oxygen atoms in total. The van der Waals surface area contributed by atoms with E-state index in [1.54, 1.807) is 17.7 Å². The molecule has 4 heteroatoms. The Morgan fingerprint density at radius 2 is 1.57 bits per heavy atom. The fourth-order valence-corrected chi connectivity index (χ4v) is 2.91. The Balaban J connectivity index is 2.47. The van der Waals surface area contributed by atoms with Crippen LogP contribution in [0.15, 0.2) is 58.1 Å². The minimum absolute atomic E-state index is 0.103. The number of rotatable bonds is 0. The van der Waals surface area contributed by atoms with Crippen molar-refractivity contribution in [3.8, 4) is 0 Å². The molecule has 0 radical (unpaired) electrons. The Kier molecular flexibility index (Phi) is 2.30. The number of benzene rings is 2. The zero-order valence-corrected chi connectivity index (χ0v) is 11.4. The minimum atomic E-state index is -0.188. The molecule has 0 aliphatic carbocycles. The van der Waals surface area contributed by atoms with E-state index < -0.39 is 0 Å². The van der Waals surface area contributed by atoms with Crippen molar-refractivity contribution >= 4 is 32.7 Å². The average molecular weight is 276 g/mol. The zero-order valence-electron chi connectivity index (χ0n) is 11.4. The number of aromatic amines is 1. The van der Waals surface area contributed by atoms with E-state index >= 15 is 0 Å². The van der Waals surface area contributed by atoms with Gasteiger partial charge in [-0.05, 0) is 18.2 Å². The van der Waals surface area contributed by atoms with Crippen molar-refractivity contribution in [2.24, 2.45) is 7.05 Å². The second kappa shape index (κ2) is 4.06. The van der Waals surface area contributed by atoms with Gasteiger partial charge in [0.05, 0.1) is 10.9 Å². The number of aryl methyl sites for hydroxylation is 1. The first kappa shape index (κ1) is 11.9. The van der Waals surface area contributed by atoms with Crippen LogP contribution in [0.2, 0.25) is 0 Å². The summed E-state index contributed by atoms with van der Waals surface area (Å²) in [5.74, 6) is 0. The molecular formula is C17H12N2O2. The van der Waals surface area contributed by atoms with Crippen molar-refractivity contribution in [3.63, 3.8) is 0 Å². The number of aromatic nitrogens is 2. The van der Waals surface area contributed by atoms with E-state index in [-0.39, 0.29) is 11.0 Å². The summed E-state index contributed by atoms with van der Waals surface area (Å²) in [5, 5.41) is 1.86. The third kappa shape index (κ3) is 1.50. The standard InChI is InChI=1S/C17H12N2O2/c1-19-13-9-5-3-7-11(13)14-15(17(19)21)18-12-8-4-2-6-10(12)16(14)20/h2-9H,1H3,(H,18,20). The maximum absolute atomic E-state index is 12.8. The maximum atomic E-state index is 12.8. The first-order valence-corrected chi connectivity index (χ1v) is 6.71. The number of H-pyrrole nitrogens is 1. The monoisotopic (exact) mass is 276 g/mol. The van der Waals surface area contributed by atoms with Crippen molar-refractivity contribution in [1.29, 1.82) is 0 Å². The van der Waals surface area contributed by atoms with E-state index in [1.165, 1.54) is 0 Å². The van der Waals surface area contributed by atoms with Crippen molar-refractivity contribution in [2.45, 2.75) is 0 Å². The van der Waals surface area contributed by atoms with Crippen LogP contribution in [0.5, 0.6) is 0 Å². The summed E-state index contributed by atoms with van der Waals surface area (Å²) in [7, 11) is 1.72. The molecule has 102 valence electrons. The summed E-state index contributed by atoms with van der Waals surface area (Å²) in [6, 6.07) is 14.7.